The summed E-state index contributed by atoms with van der Waals surface area (Å²) in [6.45, 7) is 8.32. The van der Waals surface area contributed by atoms with Crippen LogP contribution in [0.15, 0.2) is 24.3 Å². The number of rotatable bonds is 9. The normalized spacial score (nSPS) is 12.9. The van der Waals surface area contributed by atoms with E-state index >= 15 is 0 Å². The standard InChI is InChI=1S/C16H27NO3/c1-13(2)20-12-15(18)11-17(4)9-10-19-16-7-5-14(3)6-8-16/h5-8,13,15,18H,9-12H2,1-4H3/t15-/m1/s1. The van der Waals surface area contributed by atoms with Crippen LogP contribution in [-0.2, 0) is 4.74 Å². The molecule has 1 rings (SSSR count). The third-order valence-corrected chi connectivity index (χ3v) is 2.91. The molecule has 0 fully saturated rings. The van der Waals surface area contributed by atoms with Gasteiger partial charge in [0.05, 0.1) is 18.8 Å². The minimum atomic E-state index is -0.457. The van der Waals surface area contributed by atoms with E-state index in [-0.39, 0.29) is 6.10 Å². The van der Waals surface area contributed by atoms with Crippen LogP contribution >= 0.6 is 0 Å². The first-order chi connectivity index (χ1) is 9.47. The van der Waals surface area contributed by atoms with Crippen molar-refractivity contribution in [3.05, 3.63) is 29.8 Å². The third kappa shape index (κ3) is 7.48. The second-order valence-corrected chi connectivity index (χ2v) is 5.46. The van der Waals surface area contributed by atoms with E-state index in [4.69, 9.17) is 9.47 Å². The summed E-state index contributed by atoms with van der Waals surface area (Å²) < 4.78 is 11.0. The van der Waals surface area contributed by atoms with E-state index in [9.17, 15) is 5.11 Å². The van der Waals surface area contributed by atoms with E-state index in [1.165, 1.54) is 5.56 Å². The SMILES string of the molecule is Cc1ccc(OCCN(C)C[C@@H](O)COC(C)C)cc1. The molecule has 20 heavy (non-hydrogen) atoms. The lowest BCUT2D eigenvalue weighted by atomic mass is 10.2. The molecule has 1 aromatic carbocycles. The Morgan fingerprint density at radius 1 is 1.20 bits per heavy atom. The van der Waals surface area contributed by atoms with Crippen molar-refractivity contribution in [2.75, 3.05) is 33.4 Å². The second kappa shape index (κ2) is 8.95. The number of nitrogens with zero attached hydrogens (tertiary/aromatic N) is 1. The summed E-state index contributed by atoms with van der Waals surface area (Å²) >= 11 is 0. The number of benzene rings is 1. The highest BCUT2D eigenvalue weighted by molar-refractivity contribution is 5.26. The zero-order chi connectivity index (χ0) is 15.0. The molecular formula is C16H27NO3. The summed E-state index contributed by atoms with van der Waals surface area (Å²) in [6, 6.07) is 8.01. The molecule has 114 valence electrons. The lowest BCUT2D eigenvalue weighted by Gasteiger charge is -2.21. The van der Waals surface area contributed by atoms with Gasteiger partial charge in [0.2, 0.25) is 0 Å². The first-order valence-corrected chi connectivity index (χ1v) is 7.15. The summed E-state index contributed by atoms with van der Waals surface area (Å²) in [4.78, 5) is 2.04. The lowest BCUT2D eigenvalue weighted by molar-refractivity contribution is -0.00649. The number of aliphatic hydroxyl groups is 1. The summed E-state index contributed by atoms with van der Waals surface area (Å²) in [6.07, 6.45) is -0.304. The summed E-state index contributed by atoms with van der Waals surface area (Å²) in [7, 11) is 1.97. The molecule has 0 aliphatic carbocycles. The Bertz CT molecular complexity index is 364. The van der Waals surface area contributed by atoms with Crippen molar-refractivity contribution < 1.29 is 14.6 Å². The van der Waals surface area contributed by atoms with E-state index in [1.807, 2.05) is 50.1 Å². The van der Waals surface area contributed by atoms with Gasteiger partial charge in [0, 0.05) is 13.1 Å². The van der Waals surface area contributed by atoms with Crippen molar-refractivity contribution in [3.8, 4) is 5.75 Å². The van der Waals surface area contributed by atoms with Gasteiger partial charge < -0.3 is 19.5 Å². The van der Waals surface area contributed by atoms with E-state index in [0.717, 1.165) is 12.3 Å². The number of likely N-dealkylation sites (N-methyl/N-ethyl adjacent to an activating group) is 1. The molecule has 0 aromatic heterocycles. The summed E-state index contributed by atoms with van der Waals surface area (Å²) in [5, 5.41) is 9.81. The minimum Gasteiger partial charge on any atom is -0.492 e. The molecule has 1 atom stereocenters. The molecule has 1 aromatic rings. The maximum Gasteiger partial charge on any atom is 0.119 e. The Balaban J connectivity index is 2.16. The molecule has 0 bridgehead atoms. The molecule has 1 N–H and O–H groups in total. The highest BCUT2D eigenvalue weighted by atomic mass is 16.5. The fourth-order valence-corrected chi connectivity index (χ4v) is 1.76. The molecular weight excluding hydrogens is 254 g/mol. The topological polar surface area (TPSA) is 41.9 Å². The van der Waals surface area contributed by atoms with Crippen molar-refractivity contribution in [1.29, 1.82) is 0 Å². The van der Waals surface area contributed by atoms with Crippen molar-refractivity contribution in [3.63, 3.8) is 0 Å². The zero-order valence-corrected chi connectivity index (χ0v) is 13.0. The molecule has 0 unspecified atom stereocenters. The van der Waals surface area contributed by atoms with Gasteiger partial charge in [-0.05, 0) is 40.0 Å². The number of hydrogen-bond acceptors (Lipinski definition) is 4. The maximum atomic E-state index is 9.81. The highest BCUT2D eigenvalue weighted by Crippen LogP contribution is 2.11. The molecule has 0 saturated heterocycles. The van der Waals surface area contributed by atoms with Crippen molar-refractivity contribution in [1.82, 2.24) is 4.90 Å². The van der Waals surface area contributed by atoms with Crippen LogP contribution in [0.4, 0.5) is 0 Å². The van der Waals surface area contributed by atoms with Crippen molar-refractivity contribution >= 4 is 0 Å². The second-order valence-electron chi connectivity index (χ2n) is 5.46. The predicted octanol–water partition coefficient (Wildman–Crippen LogP) is 2.09. The van der Waals surface area contributed by atoms with Crippen LogP contribution < -0.4 is 4.74 Å². The Morgan fingerprint density at radius 3 is 2.45 bits per heavy atom. The van der Waals surface area contributed by atoms with Crippen LogP contribution in [0.3, 0.4) is 0 Å². The van der Waals surface area contributed by atoms with E-state index < -0.39 is 6.10 Å². The quantitative estimate of drug-likeness (QED) is 0.752. The van der Waals surface area contributed by atoms with Gasteiger partial charge in [0.25, 0.3) is 0 Å². The number of ether oxygens (including phenoxy) is 2. The van der Waals surface area contributed by atoms with Gasteiger partial charge >= 0.3 is 0 Å². The predicted molar refractivity (Wildman–Crippen MR) is 81.3 cm³/mol. The molecule has 0 amide bonds. The minimum absolute atomic E-state index is 0.153. The first-order valence-electron chi connectivity index (χ1n) is 7.15. The Labute approximate surface area is 122 Å². The molecule has 0 saturated carbocycles. The molecule has 0 heterocycles. The molecule has 0 radical (unpaired) electrons. The van der Waals surface area contributed by atoms with Crippen LogP contribution in [0.25, 0.3) is 0 Å². The Hall–Kier alpha value is -1.10. The van der Waals surface area contributed by atoms with Crippen LogP contribution in [0.2, 0.25) is 0 Å². The van der Waals surface area contributed by atoms with Gasteiger partial charge in [-0.3, -0.25) is 0 Å². The Kier molecular flexibility index (Phi) is 7.59. The van der Waals surface area contributed by atoms with Crippen molar-refractivity contribution in [2.45, 2.75) is 33.0 Å². The molecule has 4 nitrogen and oxygen atoms in total. The average Bonchev–Trinajstić information content (AvgIpc) is 2.38. The van der Waals surface area contributed by atoms with Crippen molar-refractivity contribution in [2.24, 2.45) is 0 Å². The molecule has 0 aliphatic rings. The first kappa shape index (κ1) is 17.0. The summed E-state index contributed by atoms with van der Waals surface area (Å²) in [5.41, 5.74) is 1.22. The van der Waals surface area contributed by atoms with Gasteiger partial charge in [-0.1, -0.05) is 17.7 Å². The monoisotopic (exact) mass is 281 g/mol. The lowest BCUT2D eigenvalue weighted by Crippen LogP contribution is -2.35. The largest absolute Gasteiger partial charge is 0.492 e. The maximum absolute atomic E-state index is 9.81. The summed E-state index contributed by atoms with van der Waals surface area (Å²) in [5.74, 6) is 0.882. The van der Waals surface area contributed by atoms with Gasteiger partial charge in [0.1, 0.15) is 12.4 Å². The number of aryl methyl sites for hydroxylation is 1. The molecule has 4 heteroatoms. The molecule has 0 spiro atoms. The number of hydrogen-bond donors (Lipinski definition) is 1. The van der Waals surface area contributed by atoms with E-state index in [0.29, 0.717) is 19.8 Å². The smallest absolute Gasteiger partial charge is 0.119 e. The van der Waals surface area contributed by atoms with E-state index in [1.54, 1.807) is 0 Å². The van der Waals surface area contributed by atoms with Crippen LogP contribution in [0.1, 0.15) is 19.4 Å². The fraction of sp³-hybridized carbons (Fsp3) is 0.625. The van der Waals surface area contributed by atoms with E-state index in [2.05, 4.69) is 6.92 Å². The van der Waals surface area contributed by atoms with Crippen LogP contribution in [0.5, 0.6) is 5.75 Å². The zero-order valence-electron chi connectivity index (χ0n) is 13.0. The van der Waals surface area contributed by atoms with Gasteiger partial charge in [-0.15, -0.1) is 0 Å². The van der Waals surface area contributed by atoms with Gasteiger partial charge in [-0.2, -0.15) is 0 Å². The van der Waals surface area contributed by atoms with Crippen LogP contribution in [-0.4, -0.2) is 55.6 Å². The number of aliphatic hydroxyl groups excluding tert-OH is 1. The highest BCUT2D eigenvalue weighted by Gasteiger charge is 2.09. The third-order valence-electron chi connectivity index (χ3n) is 2.91. The Morgan fingerprint density at radius 2 is 1.85 bits per heavy atom. The fourth-order valence-electron chi connectivity index (χ4n) is 1.76. The van der Waals surface area contributed by atoms with Crippen LogP contribution in [0, 0.1) is 6.92 Å². The average molecular weight is 281 g/mol. The van der Waals surface area contributed by atoms with Gasteiger partial charge in [0.15, 0.2) is 0 Å². The molecule has 0 aliphatic heterocycles. The van der Waals surface area contributed by atoms with Gasteiger partial charge in [-0.25, -0.2) is 0 Å².